The second-order valence-corrected chi connectivity index (χ2v) is 4.41. The van der Waals surface area contributed by atoms with Gasteiger partial charge in [0.15, 0.2) is 11.5 Å². The monoisotopic (exact) mass is 270 g/mol. The summed E-state index contributed by atoms with van der Waals surface area (Å²) in [7, 11) is 1.55. The van der Waals surface area contributed by atoms with Gasteiger partial charge in [-0.05, 0) is 31.0 Å². The van der Waals surface area contributed by atoms with Gasteiger partial charge in [-0.2, -0.15) is 0 Å². The fourth-order valence-electron chi connectivity index (χ4n) is 1.24. The average Bonchev–Trinajstić information content (AvgIpc) is 3.01. The average molecular weight is 271 g/mol. The van der Waals surface area contributed by atoms with E-state index in [1.807, 2.05) is 6.07 Å². The maximum Gasteiger partial charge on any atom is 0.314 e. The second-order valence-electron chi connectivity index (χ2n) is 3.49. The quantitative estimate of drug-likeness (QED) is 0.626. The molecular weight excluding hydrogens is 260 g/mol. The van der Waals surface area contributed by atoms with Crippen LogP contribution in [0.4, 0.5) is 0 Å². The van der Waals surface area contributed by atoms with Crippen LogP contribution in [0.15, 0.2) is 22.7 Å². The number of carbonyl (C=O) groups is 1. The number of halogens is 1. The van der Waals surface area contributed by atoms with Crippen molar-refractivity contribution >= 4 is 21.9 Å². The van der Waals surface area contributed by atoms with Gasteiger partial charge in [-0.3, -0.25) is 4.79 Å². The highest BCUT2D eigenvalue weighted by molar-refractivity contribution is 9.10. The zero-order valence-corrected chi connectivity index (χ0v) is 9.91. The van der Waals surface area contributed by atoms with E-state index in [0.29, 0.717) is 11.5 Å². The van der Waals surface area contributed by atoms with Gasteiger partial charge in [0.25, 0.3) is 0 Å². The highest BCUT2D eigenvalue weighted by Gasteiger charge is 2.32. The van der Waals surface area contributed by atoms with Crippen molar-refractivity contribution in [1.82, 2.24) is 0 Å². The van der Waals surface area contributed by atoms with E-state index in [9.17, 15) is 4.79 Å². The molecule has 0 aromatic heterocycles. The predicted molar refractivity (Wildman–Crippen MR) is 59.1 cm³/mol. The standard InChI is InChI=1S/C11H11BrO3/c1-14-9-5-4-8(12)6-10(9)15-11(13)7-2-3-7/h4-7H,2-3H2,1H3. The normalized spacial score (nSPS) is 14.8. The first-order valence-corrected chi connectivity index (χ1v) is 5.55. The van der Waals surface area contributed by atoms with Gasteiger partial charge in [-0.1, -0.05) is 15.9 Å². The number of hydrogen-bond donors (Lipinski definition) is 0. The third-order valence-corrected chi connectivity index (χ3v) is 2.74. The molecule has 0 unspecified atom stereocenters. The van der Waals surface area contributed by atoms with E-state index >= 15 is 0 Å². The largest absolute Gasteiger partial charge is 0.493 e. The lowest BCUT2D eigenvalue weighted by atomic mass is 10.3. The molecule has 0 atom stereocenters. The van der Waals surface area contributed by atoms with Crippen molar-refractivity contribution < 1.29 is 14.3 Å². The third-order valence-electron chi connectivity index (χ3n) is 2.25. The number of esters is 1. The molecule has 0 radical (unpaired) electrons. The molecule has 80 valence electrons. The molecule has 4 heteroatoms. The summed E-state index contributed by atoms with van der Waals surface area (Å²) in [4.78, 5) is 11.5. The fourth-order valence-corrected chi connectivity index (χ4v) is 1.58. The molecule has 0 saturated heterocycles. The Hall–Kier alpha value is -1.03. The van der Waals surface area contributed by atoms with Crippen LogP contribution in [0.2, 0.25) is 0 Å². The minimum atomic E-state index is -0.161. The van der Waals surface area contributed by atoms with Crippen molar-refractivity contribution in [3.63, 3.8) is 0 Å². The van der Waals surface area contributed by atoms with Gasteiger partial charge in [-0.15, -0.1) is 0 Å². The second kappa shape index (κ2) is 4.23. The third kappa shape index (κ3) is 2.50. The van der Waals surface area contributed by atoms with Gasteiger partial charge in [0.1, 0.15) is 0 Å². The number of carbonyl (C=O) groups excluding carboxylic acids is 1. The van der Waals surface area contributed by atoms with Gasteiger partial charge in [-0.25, -0.2) is 0 Å². The number of rotatable bonds is 3. The topological polar surface area (TPSA) is 35.5 Å². The van der Waals surface area contributed by atoms with Crippen molar-refractivity contribution in [1.29, 1.82) is 0 Å². The van der Waals surface area contributed by atoms with Crippen LogP contribution in [0.3, 0.4) is 0 Å². The first-order chi connectivity index (χ1) is 7.20. The molecule has 0 amide bonds. The Labute approximate surface area is 96.5 Å². The van der Waals surface area contributed by atoms with E-state index < -0.39 is 0 Å². The van der Waals surface area contributed by atoms with Crippen molar-refractivity contribution in [2.24, 2.45) is 5.92 Å². The Bertz CT molecular complexity index is 385. The molecule has 0 N–H and O–H groups in total. The molecule has 2 rings (SSSR count). The molecule has 0 bridgehead atoms. The molecule has 1 aliphatic carbocycles. The molecule has 3 nitrogen and oxygen atoms in total. The molecule has 1 aliphatic rings. The first-order valence-electron chi connectivity index (χ1n) is 4.76. The summed E-state index contributed by atoms with van der Waals surface area (Å²) < 4.78 is 11.2. The van der Waals surface area contributed by atoms with Gasteiger partial charge in [0, 0.05) is 4.47 Å². The summed E-state index contributed by atoms with van der Waals surface area (Å²) in [6.45, 7) is 0. The molecule has 1 fully saturated rings. The van der Waals surface area contributed by atoms with Crippen molar-refractivity contribution in [3.8, 4) is 11.5 Å². The van der Waals surface area contributed by atoms with Crippen molar-refractivity contribution in [2.45, 2.75) is 12.8 Å². The minimum Gasteiger partial charge on any atom is -0.493 e. The van der Waals surface area contributed by atoms with Gasteiger partial charge >= 0.3 is 5.97 Å². The first kappa shape index (κ1) is 10.5. The molecule has 0 spiro atoms. The van der Waals surface area contributed by atoms with Crippen molar-refractivity contribution in [3.05, 3.63) is 22.7 Å². The maximum absolute atomic E-state index is 11.5. The Morgan fingerprint density at radius 3 is 2.73 bits per heavy atom. The van der Waals surface area contributed by atoms with Crippen LogP contribution in [0.5, 0.6) is 11.5 Å². The van der Waals surface area contributed by atoms with Gasteiger partial charge in [0.2, 0.25) is 0 Å². The Morgan fingerprint density at radius 2 is 2.13 bits per heavy atom. The Morgan fingerprint density at radius 1 is 1.40 bits per heavy atom. The van der Waals surface area contributed by atoms with Crippen LogP contribution in [-0.2, 0) is 4.79 Å². The smallest absolute Gasteiger partial charge is 0.314 e. The number of methoxy groups -OCH3 is 1. The van der Waals surface area contributed by atoms with Crippen LogP contribution < -0.4 is 9.47 Å². The SMILES string of the molecule is COc1ccc(Br)cc1OC(=O)C1CC1. The Balaban J connectivity index is 2.17. The summed E-state index contributed by atoms with van der Waals surface area (Å²) in [5.41, 5.74) is 0. The molecular formula is C11H11BrO3. The summed E-state index contributed by atoms with van der Waals surface area (Å²) in [5, 5.41) is 0. The van der Waals surface area contributed by atoms with Crippen molar-refractivity contribution in [2.75, 3.05) is 7.11 Å². The van der Waals surface area contributed by atoms with E-state index in [1.165, 1.54) is 0 Å². The molecule has 15 heavy (non-hydrogen) atoms. The van der Waals surface area contributed by atoms with E-state index in [-0.39, 0.29) is 11.9 Å². The summed E-state index contributed by atoms with van der Waals surface area (Å²) in [6.07, 6.45) is 1.88. The molecule has 0 aliphatic heterocycles. The maximum atomic E-state index is 11.5. The lowest BCUT2D eigenvalue weighted by molar-refractivity contribution is -0.135. The predicted octanol–water partition coefficient (Wildman–Crippen LogP) is 2.77. The molecule has 1 aromatic rings. The zero-order valence-electron chi connectivity index (χ0n) is 8.33. The van der Waals surface area contributed by atoms with E-state index in [0.717, 1.165) is 17.3 Å². The minimum absolute atomic E-state index is 0.0914. The highest BCUT2D eigenvalue weighted by Crippen LogP contribution is 2.35. The lowest BCUT2D eigenvalue weighted by Crippen LogP contribution is -2.10. The van der Waals surface area contributed by atoms with Crippen LogP contribution in [0.1, 0.15) is 12.8 Å². The van der Waals surface area contributed by atoms with E-state index in [4.69, 9.17) is 9.47 Å². The highest BCUT2D eigenvalue weighted by atomic mass is 79.9. The molecule has 0 heterocycles. The van der Waals surface area contributed by atoms with Crippen LogP contribution in [0, 0.1) is 5.92 Å². The van der Waals surface area contributed by atoms with E-state index in [2.05, 4.69) is 15.9 Å². The summed E-state index contributed by atoms with van der Waals surface area (Å²) in [5.74, 6) is 0.982. The van der Waals surface area contributed by atoms with E-state index in [1.54, 1.807) is 19.2 Å². The number of benzene rings is 1. The molecule has 1 aromatic carbocycles. The number of ether oxygens (including phenoxy) is 2. The Kier molecular flexibility index (Phi) is 2.95. The molecule has 1 saturated carbocycles. The number of hydrogen-bond acceptors (Lipinski definition) is 3. The summed E-state index contributed by atoms with van der Waals surface area (Å²) >= 11 is 3.32. The van der Waals surface area contributed by atoms with Crippen LogP contribution >= 0.6 is 15.9 Å². The van der Waals surface area contributed by atoms with Gasteiger partial charge < -0.3 is 9.47 Å². The fraction of sp³-hybridized carbons (Fsp3) is 0.364. The van der Waals surface area contributed by atoms with Crippen LogP contribution in [0.25, 0.3) is 0 Å². The van der Waals surface area contributed by atoms with Gasteiger partial charge in [0.05, 0.1) is 13.0 Å². The summed E-state index contributed by atoms with van der Waals surface area (Å²) in [6, 6.07) is 5.34. The van der Waals surface area contributed by atoms with Crippen LogP contribution in [-0.4, -0.2) is 13.1 Å². The zero-order chi connectivity index (χ0) is 10.8. The lowest BCUT2D eigenvalue weighted by Gasteiger charge is -2.08.